The number of furan rings is 1. The first kappa shape index (κ1) is 28.2. The van der Waals surface area contributed by atoms with E-state index in [2.05, 4.69) is 150 Å². The van der Waals surface area contributed by atoms with Gasteiger partial charge >= 0.3 is 0 Å². The summed E-state index contributed by atoms with van der Waals surface area (Å²) in [7, 11) is 0. The molecule has 0 bridgehead atoms. The summed E-state index contributed by atoms with van der Waals surface area (Å²) in [6, 6.07) is 58.6. The molecule has 3 aromatic heterocycles. The quantitative estimate of drug-likeness (QED) is 0.188. The van der Waals surface area contributed by atoms with Crippen molar-refractivity contribution < 1.29 is 4.42 Å². The van der Waals surface area contributed by atoms with E-state index in [9.17, 15) is 0 Å². The van der Waals surface area contributed by atoms with Crippen molar-refractivity contribution in [1.82, 2.24) is 19.5 Å². The van der Waals surface area contributed by atoms with Crippen molar-refractivity contribution in [3.63, 3.8) is 0 Å². The number of hydrogen-bond donors (Lipinski definition) is 0. The summed E-state index contributed by atoms with van der Waals surface area (Å²) < 4.78 is 8.51. The number of para-hydroxylation sites is 2. The van der Waals surface area contributed by atoms with Crippen LogP contribution in [0.1, 0.15) is 0 Å². The Morgan fingerprint density at radius 3 is 1.70 bits per heavy atom. The molecule has 0 amide bonds. The van der Waals surface area contributed by atoms with Crippen molar-refractivity contribution in [3.05, 3.63) is 170 Å². The molecule has 5 heteroatoms. The van der Waals surface area contributed by atoms with Gasteiger partial charge in [-0.15, -0.1) is 0 Å². The summed E-state index contributed by atoms with van der Waals surface area (Å²) in [4.78, 5) is 15.5. The predicted molar refractivity (Wildman–Crippen MR) is 203 cm³/mol. The smallest absolute Gasteiger partial charge is 0.238 e. The van der Waals surface area contributed by atoms with Crippen LogP contribution < -0.4 is 0 Å². The summed E-state index contributed by atoms with van der Waals surface area (Å²) in [5, 5.41) is 4.42. The Kier molecular flexibility index (Phi) is 6.42. The van der Waals surface area contributed by atoms with Gasteiger partial charge in [0.2, 0.25) is 5.95 Å². The second-order valence-electron chi connectivity index (χ2n) is 12.5. The summed E-state index contributed by atoms with van der Waals surface area (Å²) >= 11 is 0. The molecule has 7 aromatic carbocycles. The van der Waals surface area contributed by atoms with Crippen molar-refractivity contribution in [3.8, 4) is 51.0 Å². The van der Waals surface area contributed by atoms with Gasteiger partial charge in [-0.25, -0.2) is 4.98 Å². The van der Waals surface area contributed by atoms with Crippen molar-refractivity contribution in [1.29, 1.82) is 0 Å². The number of aromatic nitrogens is 4. The molecule has 0 unspecified atom stereocenters. The van der Waals surface area contributed by atoms with Gasteiger partial charge in [0.1, 0.15) is 11.2 Å². The van der Waals surface area contributed by atoms with Crippen LogP contribution in [0.5, 0.6) is 0 Å². The van der Waals surface area contributed by atoms with E-state index in [0.29, 0.717) is 17.6 Å². The average Bonchev–Trinajstić information content (AvgIpc) is 3.72. The SMILES string of the molecule is c1ccc(-c2ccc(-c3nc(-c4cccc(-c5ccccc5)c4)nc(-n4c5ccccc5c5cc6c(cc54)oc4ccccc46)n3)cc2)cc1. The number of rotatable bonds is 5. The minimum absolute atomic E-state index is 0.545. The topological polar surface area (TPSA) is 56.7 Å². The molecule has 0 N–H and O–H groups in total. The maximum Gasteiger partial charge on any atom is 0.238 e. The van der Waals surface area contributed by atoms with Gasteiger partial charge in [0.15, 0.2) is 11.6 Å². The highest BCUT2D eigenvalue weighted by molar-refractivity contribution is 6.17. The Balaban J connectivity index is 1.22. The van der Waals surface area contributed by atoms with Crippen LogP contribution in [0.25, 0.3) is 94.7 Å². The lowest BCUT2D eigenvalue weighted by molar-refractivity contribution is 0.669. The van der Waals surface area contributed by atoms with Gasteiger partial charge in [-0.2, -0.15) is 9.97 Å². The lowest BCUT2D eigenvalue weighted by atomic mass is 10.0. The number of nitrogens with zero attached hydrogens (tertiary/aromatic N) is 4. The van der Waals surface area contributed by atoms with E-state index >= 15 is 0 Å². The zero-order valence-electron chi connectivity index (χ0n) is 26.9. The molecule has 10 rings (SSSR count). The van der Waals surface area contributed by atoms with Crippen LogP contribution >= 0.6 is 0 Å². The largest absolute Gasteiger partial charge is 0.456 e. The van der Waals surface area contributed by atoms with Gasteiger partial charge in [0, 0.05) is 38.7 Å². The van der Waals surface area contributed by atoms with Gasteiger partial charge in [0.05, 0.1) is 11.0 Å². The molecule has 5 nitrogen and oxygen atoms in total. The lowest BCUT2D eigenvalue weighted by Gasteiger charge is -2.12. The van der Waals surface area contributed by atoms with Crippen LogP contribution in [-0.4, -0.2) is 19.5 Å². The van der Waals surface area contributed by atoms with Crippen LogP contribution in [0.15, 0.2) is 174 Å². The third-order valence-corrected chi connectivity index (χ3v) is 9.47. The molecule has 0 saturated carbocycles. The Morgan fingerprint density at radius 2 is 0.920 bits per heavy atom. The first-order chi connectivity index (χ1) is 24.8. The van der Waals surface area contributed by atoms with Crippen molar-refractivity contribution in [2.24, 2.45) is 0 Å². The molecule has 0 spiro atoms. The first-order valence-corrected chi connectivity index (χ1v) is 16.7. The second-order valence-corrected chi connectivity index (χ2v) is 12.5. The van der Waals surface area contributed by atoms with E-state index in [0.717, 1.165) is 77.1 Å². The molecule has 0 saturated heterocycles. The molecule has 0 atom stereocenters. The Bertz CT molecular complexity index is 2850. The van der Waals surface area contributed by atoms with Crippen LogP contribution in [0.3, 0.4) is 0 Å². The Hall–Kier alpha value is -6.85. The fourth-order valence-electron chi connectivity index (χ4n) is 7.04. The maximum absolute atomic E-state index is 6.37. The highest BCUT2D eigenvalue weighted by Crippen LogP contribution is 2.38. The van der Waals surface area contributed by atoms with Gasteiger partial charge < -0.3 is 4.42 Å². The summed E-state index contributed by atoms with van der Waals surface area (Å²) in [5.41, 5.74) is 10.0. The zero-order chi connectivity index (χ0) is 33.0. The van der Waals surface area contributed by atoms with Crippen molar-refractivity contribution in [2.45, 2.75) is 0 Å². The maximum atomic E-state index is 6.37. The summed E-state index contributed by atoms with van der Waals surface area (Å²) in [5.74, 6) is 1.75. The third kappa shape index (κ3) is 4.67. The van der Waals surface area contributed by atoms with E-state index in [1.165, 1.54) is 0 Å². The zero-order valence-corrected chi connectivity index (χ0v) is 26.9. The van der Waals surface area contributed by atoms with Gasteiger partial charge in [0.25, 0.3) is 0 Å². The molecule has 0 aliphatic rings. The predicted octanol–water partition coefficient (Wildman–Crippen LogP) is 11.5. The van der Waals surface area contributed by atoms with E-state index < -0.39 is 0 Å². The van der Waals surface area contributed by atoms with Crippen LogP contribution in [0, 0.1) is 0 Å². The number of fused-ring (bicyclic) bond motifs is 6. The molecule has 234 valence electrons. The minimum Gasteiger partial charge on any atom is -0.456 e. The highest BCUT2D eigenvalue weighted by Gasteiger charge is 2.20. The normalized spacial score (nSPS) is 11.6. The van der Waals surface area contributed by atoms with Gasteiger partial charge in [-0.05, 0) is 46.5 Å². The number of hydrogen-bond acceptors (Lipinski definition) is 4. The van der Waals surface area contributed by atoms with E-state index in [-0.39, 0.29) is 0 Å². The first-order valence-electron chi connectivity index (χ1n) is 16.7. The summed E-state index contributed by atoms with van der Waals surface area (Å²) in [6.07, 6.45) is 0. The molecular weight excluding hydrogens is 613 g/mol. The van der Waals surface area contributed by atoms with E-state index in [1.54, 1.807) is 0 Å². The second kappa shape index (κ2) is 11.4. The molecule has 0 aliphatic heterocycles. The molecule has 3 heterocycles. The molecule has 10 aromatic rings. The fourth-order valence-corrected chi connectivity index (χ4v) is 7.04. The standard InChI is InChI=1S/C45H28N4O/c1-3-12-29(13-4-1)31-22-24-32(25-23-31)43-46-44(34-17-11-16-33(26-34)30-14-5-2-6-15-30)48-45(47-43)49-39-20-9-7-18-35(39)37-27-38-36-19-8-10-21-41(36)50-42(38)28-40(37)49/h1-28H. The third-order valence-electron chi connectivity index (χ3n) is 9.47. The Labute approximate surface area is 287 Å². The van der Waals surface area contributed by atoms with E-state index in [1.807, 2.05) is 24.3 Å². The fraction of sp³-hybridized carbons (Fsp3) is 0. The van der Waals surface area contributed by atoms with Crippen LogP contribution in [0.2, 0.25) is 0 Å². The number of benzene rings is 7. The molecule has 50 heavy (non-hydrogen) atoms. The van der Waals surface area contributed by atoms with Crippen LogP contribution in [-0.2, 0) is 0 Å². The Morgan fingerprint density at radius 1 is 0.340 bits per heavy atom. The van der Waals surface area contributed by atoms with Gasteiger partial charge in [-0.1, -0.05) is 140 Å². The molecule has 0 fully saturated rings. The molecular formula is C45H28N4O. The van der Waals surface area contributed by atoms with E-state index in [4.69, 9.17) is 19.4 Å². The lowest BCUT2D eigenvalue weighted by Crippen LogP contribution is -2.06. The minimum atomic E-state index is 0.545. The van der Waals surface area contributed by atoms with Crippen molar-refractivity contribution >= 4 is 43.7 Å². The van der Waals surface area contributed by atoms with Crippen molar-refractivity contribution in [2.75, 3.05) is 0 Å². The monoisotopic (exact) mass is 640 g/mol. The van der Waals surface area contributed by atoms with Crippen LogP contribution in [0.4, 0.5) is 0 Å². The average molecular weight is 641 g/mol. The molecule has 0 aliphatic carbocycles. The summed E-state index contributed by atoms with van der Waals surface area (Å²) in [6.45, 7) is 0. The highest BCUT2D eigenvalue weighted by atomic mass is 16.3. The molecule has 0 radical (unpaired) electrons. The van der Waals surface area contributed by atoms with Gasteiger partial charge in [-0.3, -0.25) is 4.57 Å².